The molecule has 0 saturated carbocycles. The summed E-state index contributed by atoms with van der Waals surface area (Å²) in [7, 11) is 0. The number of aromatic nitrogens is 4. The van der Waals surface area contributed by atoms with E-state index in [9.17, 15) is 0 Å². The van der Waals surface area contributed by atoms with Gasteiger partial charge in [-0.1, -0.05) is 13.8 Å². The highest BCUT2D eigenvalue weighted by Gasteiger charge is 2.07. The average molecular weight is 275 g/mol. The Bertz CT molecular complexity index is 635. The first kappa shape index (κ1) is 12.4. The first-order valence-electron chi connectivity index (χ1n) is 6.37. The first-order chi connectivity index (χ1) is 9.22. The molecule has 0 bridgehead atoms. The zero-order chi connectivity index (χ0) is 13.2. The van der Waals surface area contributed by atoms with Gasteiger partial charge < -0.3 is 9.88 Å². The van der Waals surface area contributed by atoms with Crippen molar-refractivity contribution in [3.63, 3.8) is 0 Å². The van der Waals surface area contributed by atoms with Gasteiger partial charge >= 0.3 is 0 Å². The Labute approximate surface area is 115 Å². The molecule has 5 nitrogen and oxygen atoms in total. The van der Waals surface area contributed by atoms with Crippen molar-refractivity contribution in [3.8, 4) is 0 Å². The number of fused-ring (bicyclic) bond motifs is 1. The fraction of sp³-hybridized carbons (Fsp3) is 0.385. The molecule has 0 fully saturated rings. The Kier molecular flexibility index (Phi) is 3.35. The largest absolute Gasteiger partial charge is 0.328 e. The molecule has 0 aliphatic heterocycles. The summed E-state index contributed by atoms with van der Waals surface area (Å²) in [6.07, 6.45) is 7.96. The lowest BCUT2D eigenvalue weighted by Gasteiger charge is -2.09. The minimum Gasteiger partial charge on any atom is -0.328 e. The van der Waals surface area contributed by atoms with Gasteiger partial charge in [0.25, 0.3) is 0 Å². The molecule has 0 aromatic carbocycles. The number of rotatable bonds is 5. The van der Waals surface area contributed by atoms with Crippen molar-refractivity contribution in [2.24, 2.45) is 0 Å². The minimum atomic E-state index is 0.461. The lowest BCUT2D eigenvalue weighted by Crippen LogP contribution is -2.24. The van der Waals surface area contributed by atoms with E-state index in [1.165, 1.54) is 0 Å². The molecule has 3 aromatic rings. The summed E-state index contributed by atoms with van der Waals surface area (Å²) in [5, 5.41) is 5.43. The van der Waals surface area contributed by atoms with Crippen molar-refractivity contribution in [2.75, 3.05) is 0 Å². The van der Waals surface area contributed by atoms with Crippen LogP contribution in [-0.4, -0.2) is 25.0 Å². The summed E-state index contributed by atoms with van der Waals surface area (Å²) in [5.41, 5.74) is 1.07. The van der Waals surface area contributed by atoms with Crippen LogP contribution in [0, 0.1) is 0 Å². The Hall–Kier alpha value is -1.66. The van der Waals surface area contributed by atoms with E-state index in [0.717, 1.165) is 29.6 Å². The molecule has 100 valence electrons. The molecule has 3 rings (SSSR count). The molecule has 0 saturated heterocycles. The van der Waals surface area contributed by atoms with Crippen LogP contribution in [0.15, 0.2) is 30.2 Å². The van der Waals surface area contributed by atoms with Crippen molar-refractivity contribution in [1.29, 1.82) is 0 Å². The van der Waals surface area contributed by atoms with Gasteiger partial charge in [0, 0.05) is 36.2 Å². The second-order valence-corrected chi connectivity index (χ2v) is 5.71. The minimum absolute atomic E-state index is 0.461. The smallest absolute Gasteiger partial charge is 0.193 e. The van der Waals surface area contributed by atoms with Crippen LogP contribution in [0.25, 0.3) is 4.96 Å². The van der Waals surface area contributed by atoms with Gasteiger partial charge in [-0.15, -0.1) is 11.3 Å². The van der Waals surface area contributed by atoms with Crippen LogP contribution in [0.2, 0.25) is 0 Å². The molecule has 0 aliphatic carbocycles. The Morgan fingerprint density at radius 1 is 1.37 bits per heavy atom. The maximum atomic E-state index is 4.60. The highest BCUT2D eigenvalue weighted by atomic mass is 32.1. The fourth-order valence-electron chi connectivity index (χ4n) is 1.97. The standard InChI is InChI=1S/C13H17N5S/c1-10(2)15-7-12-14-3-4-17(12)8-11-9-18-5-6-19-13(18)16-11/h3-6,9-10,15H,7-8H2,1-2H3. The molecular weight excluding hydrogens is 258 g/mol. The monoisotopic (exact) mass is 275 g/mol. The summed E-state index contributed by atoms with van der Waals surface area (Å²) in [5.74, 6) is 1.05. The van der Waals surface area contributed by atoms with Crippen molar-refractivity contribution in [1.82, 2.24) is 24.3 Å². The number of nitrogens with zero attached hydrogens (tertiary/aromatic N) is 4. The molecule has 1 N–H and O–H groups in total. The molecule has 0 radical (unpaired) electrons. The van der Waals surface area contributed by atoms with Gasteiger partial charge in [0.15, 0.2) is 4.96 Å². The van der Waals surface area contributed by atoms with Crippen LogP contribution in [-0.2, 0) is 13.1 Å². The highest BCUT2D eigenvalue weighted by Crippen LogP contribution is 2.12. The predicted octanol–water partition coefficient (Wildman–Crippen LogP) is 2.14. The summed E-state index contributed by atoms with van der Waals surface area (Å²) in [6.45, 7) is 5.82. The Morgan fingerprint density at radius 2 is 2.26 bits per heavy atom. The van der Waals surface area contributed by atoms with Crippen LogP contribution < -0.4 is 5.32 Å². The quantitative estimate of drug-likeness (QED) is 0.776. The van der Waals surface area contributed by atoms with E-state index in [1.807, 2.05) is 24.0 Å². The van der Waals surface area contributed by atoms with Gasteiger partial charge in [0.2, 0.25) is 0 Å². The Balaban J connectivity index is 1.75. The van der Waals surface area contributed by atoms with Crippen LogP contribution >= 0.6 is 11.3 Å². The third-order valence-corrected chi connectivity index (χ3v) is 3.72. The van der Waals surface area contributed by atoms with Crippen LogP contribution in [0.1, 0.15) is 25.4 Å². The molecule has 3 heterocycles. The number of hydrogen-bond acceptors (Lipinski definition) is 4. The van der Waals surface area contributed by atoms with E-state index in [1.54, 1.807) is 11.3 Å². The Morgan fingerprint density at radius 3 is 3.05 bits per heavy atom. The first-order valence-corrected chi connectivity index (χ1v) is 7.25. The third-order valence-electron chi connectivity index (χ3n) is 2.95. The number of imidazole rings is 2. The zero-order valence-corrected chi connectivity index (χ0v) is 11.9. The molecule has 19 heavy (non-hydrogen) atoms. The number of hydrogen-bond donors (Lipinski definition) is 1. The van der Waals surface area contributed by atoms with Gasteiger partial charge in [-0.3, -0.25) is 4.40 Å². The fourth-order valence-corrected chi connectivity index (χ4v) is 2.69. The maximum Gasteiger partial charge on any atom is 0.193 e. The molecular formula is C13H17N5S. The maximum absolute atomic E-state index is 4.60. The zero-order valence-electron chi connectivity index (χ0n) is 11.1. The van der Waals surface area contributed by atoms with Crippen LogP contribution in [0.5, 0.6) is 0 Å². The summed E-state index contributed by atoms with van der Waals surface area (Å²) in [6, 6.07) is 0.461. The SMILES string of the molecule is CC(C)NCc1nccn1Cc1cn2ccsc2n1. The van der Waals surface area contributed by atoms with Gasteiger partial charge in [0.1, 0.15) is 5.82 Å². The summed E-state index contributed by atoms with van der Waals surface area (Å²) < 4.78 is 4.20. The van der Waals surface area contributed by atoms with E-state index in [-0.39, 0.29) is 0 Å². The number of thiazole rings is 1. The van der Waals surface area contributed by atoms with Gasteiger partial charge in [-0.05, 0) is 0 Å². The summed E-state index contributed by atoms with van der Waals surface area (Å²) in [4.78, 5) is 10.0. The number of nitrogens with one attached hydrogen (secondary N) is 1. The summed E-state index contributed by atoms with van der Waals surface area (Å²) >= 11 is 1.65. The van der Waals surface area contributed by atoms with Gasteiger partial charge in [-0.25, -0.2) is 9.97 Å². The predicted molar refractivity (Wildman–Crippen MR) is 76.4 cm³/mol. The van der Waals surface area contributed by atoms with Crippen molar-refractivity contribution < 1.29 is 0 Å². The lowest BCUT2D eigenvalue weighted by molar-refractivity contribution is 0.553. The van der Waals surface area contributed by atoms with E-state index in [4.69, 9.17) is 0 Å². The molecule has 0 amide bonds. The van der Waals surface area contributed by atoms with E-state index in [0.29, 0.717) is 6.04 Å². The lowest BCUT2D eigenvalue weighted by atomic mass is 10.4. The average Bonchev–Trinajstić information content (AvgIpc) is 3.02. The van der Waals surface area contributed by atoms with E-state index < -0.39 is 0 Å². The molecule has 0 atom stereocenters. The third kappa shape index (κ3) is 2.69. The molecule has 0 unspecified atom stereocenters. The van der Waals surface area contributed by atoms with Crippen LogP contribution in [0.3, 0.4) is 0 Å². The van der Waals surface area contributed by atoms with Crippen molar-refractivity contribution >= 4 is 16.3 Å². The molecule has 0 aliphatic rings. The van der Waals surface area contributed by atoms with Gasteiger partial charge in [-0.2, -0.15) is 0 Å². The van der Waals surface area contributed by atoms with Crippen LogP contribution in [0.4, 0.5) is 0 Å². The molecule has 6 heteroatoms. The second kappa shape index (κ2) is 5.14. The highest BCUT2D eigenvalue weighted by molar-refractivity contribution is 7.15. The van der Waals surface area contributed by atoms with Gasteiger partial charge in [0.05, 0.1) is 18.8 Å². The topological polar surface area (TPSA) is 47.2 Å². The second-order valence-electron chi connectivity index (χ2n) is 4.83. The van der Waals surface area contributed by atoms with Crippen molar-refractivity contribution in [3.05, 3.63) is 41.7 Å². The van der Waals surface area contributed by atoms with Crippen molar-refractivity contribution in [2.45, 2.75) is 33.0 Å². The molecule has 3 aromatic heterocycles. The molecule has 0 spiro atoms. The van der Waals surface area contributed by atoms with E-state index in [2.05, 4.69) is 44.3 Å². The van der Waals surface area contributed by atoms with E-state index >= 15 is 0 Å². The normalized spacial score (nSPS) is 11.7.